The largest absolute Gasteiger partial charge is 0.359 e. The molecule has 0 amide bonds. The molecular formula is C21H28N4O2S. The Labute approximate surface area is 170 Å². The van der Waals surface area contributed by atoms with E-state index in [1.807, 2.05) is 29.6 Å². The Morgan fingerprint density at radius 3 is 3.25 bits per heavy atom. The lowest BCUT2D eigenvalue weighted by Crippen LogP contribution is -2.28. The van der Waals surface area contributed by atoms with Gasteiger partial charge >= 0.3 is 0 Å². The van der Waals surface area contributed by atoms with Gasteiger partial charge in [0.25, 0.3) is 0 Å². The predicted octanol–water partition coefficient (Wildman–Crippen LogP) is 4.63. The van der Waals surface area contributed by atoms with Crippen LogP contribution in [0.5, 0.6) is 0 Å². The SMILES string of the molecule is C=CCN(CCOC1CCCCO1)/N=C\C=C(/C)Nc1ccc2scnc2c1. The molecule has 1 aromatic heterocycles. The van der Waals surface area contributed by atoms with E-state index >= 15 is 0 Å². The van der Waals surface area contributed by atoms with Crippen molar-refractivity contribution in [1.29, 1.82) is 0 Å². The first kappa shape index (κ1) is 20.5. The van der Waals surface area contributed by atoms with Crippen molar-refractivity contribution in [1.82, 2.24) is 9.99 Å². The summed E-state index contributed by atoms with van der Waals surface area (Å²) in [6.07, 6.45) is 8.80. The van der Waals surface area contributed by atoms with Gasteiger partial charge in [0.2, 0.25) is 0 Å². The lowest BCUT2D eigenvalue weighted by molar-refractivity contribution is -0.164. The first-order valence-electron chi connectivity index (χ1n) is 9.65. The molecule has 2 aromatic rings. The zero-order chi connectivity index (χ0) is 19.6. The normalized spacial score (nSPS) is 17.9. The third kappa shape index (κ3) is 6.44. The Kier molecular flexibility index (Phi) is 8.02. The summed E-state index contributed by atoms with van der Waals surface area (Å²) in [6.45, 7) is 8.57. The van der Waals surface area contributed by atoms with Crippen molar-refractivity contribution in [2.75, 3.05) is 31.6 Å². The molecule has 0 saturated carbocycles. The first-order chi connectivity index (χ1) is 13.7. The second kappa shape index (κ2) is 10.9. The maximum absolute atomic E-state index is 5.79. The van der Waals surface area contributed by atoms with Gasteiger partial charge in [-0.3, -0.25) is 5.01 Å². The van der Waals surface area contributed by atoms with Crippen molar-refractivity contribution in [2.24, 2.45) is 5.10 Å². The fourth-order valence-corrected chi connectivity index (χ4v) is 3.58. The van der Waals surface area contributed by atoms with E-state index in [4.69, 9.17) is 9.47 Å². The van der Waals surface area contributed by atoms with Gasteiger partial charge in [-0.1, -0.05) is 6.08 Å². The van der Waals surface area contributed by atoms with Gasteiger partial charge in [0, 0.05) is 24.2 Å². The van der Waals surface area contributed by atoms with Gasteiger partial charge in [-0.15, -0.1) is 17.9 Å². The second-order valence-electron chi connectivity index (χ2n) is 6.64. The van der Waals surface area contributed by atoms with Crippen LogP contribution >= 0.6 is 11.3 Å². The molecule has 2 heterocycles. The van der Waals surface area contributed by atoms with E-state index in [-0.39, 0.29) is 6.29 Å². The van der Waals surface area contributed by atoms with Crippen molar-refractivity contribution in [3.63, 3.8) is 0 Å². The number of benzene rings is 1. The molecule has 0 spiro atoms. The van der Waals surface area contributed by atoms with Crippen molar-refractivity contribution < 1.29 is 9.47 Å². The number of anilines is 1. The van der Waals surface area contributed by atoms with E-state index in [1.54, 1.807) is 17.6 Å². The van der Waals surface area contributed by atoms with Gasteiger partial charge < -0.3 is 14.8 Å². The molecule has 1 aliphatic heterocycles. The Morgan fingerprint density at radius 2 is 2.43 bits per heavy atom. The van der Waals surface area contributed by atoms with Crippen LogP contribution in [-0.4, -0.2) is 48.8 Å². The smallest absolute Gasteiger partial charge is 0.157 e. The molecule has 6 nitrogen and oxygen atoms in total. The summed E-state index contributed by atoms with van der Waals surface area (Å²) in [5, 5.41) is 9.81. The molecule has 0 aliphatic carbocycles. The standard InChI is InChI=1S/C21H28N4O2S/c1-3-11-25(12-14-27-21-6-4-5-13-26-21)23-10-9-17(2)24-18-7-8-20-19(15-18)22-16-28-20/h3,7-10,15-16,21,24H,1,4-6,11-14H2,2H3/b17-9+,23-10-. The minimum Gasteiger partial charge on any atom is -0.359 e. The van der Waals surface area contributed by atoms with E-state index in [2.05, 4.69) is 40.2 Å². The number of hydrogen-bond acceptors (Lipinski definition) is 7. The summed E-state index contributed by atoms with van der Waals surface area (Å²) >= 11 is 1.65. The van der Waals surface area contributed by atoms with Crippen molar-refractivity contribution in [3.05, 3.63) is 48.1 Å². The Bertz CT molecular complexity index is 812. The molecule has 1 fully saturated rings. The maximum atomic E-state index is 5.79. The van der Waals surface area contributed by atoms with Gasteiger partial charge in [-0.05, 0) is 50.5 Å². The Hall–Kier alpha value is -2.22. The van der Waals surface area contributed by atoms with Gasteiger partial charge in [0.1, 0.15) is 0 Å². The van der Waals surface area contributed by atoms with E-state index in [0.29, 0.717) is 19.7 Å². The fraction of sp³-hybridized carbons (Fsp3) is 0.429. The first-order valence-corrected chi connectivity index (χ1v) is 10.5. The maximum Gasteiger partial charge on any atom is 0.157 e. The number of aromatic nitrogens is 1. The summed E-state index contributed by atoms with van der Waals surface area (Å²) in [6, 6.07) is 6.19. The number of nitrogens with zero attached hydrogens (tertiary/aromatic N) is 3. The molecule has 1 saturated heterocycles. The number of hydrazone groups is 1. The minimum absolute atomic E-state index is 0.0651. The number of ether oxygens (including phenoxy) is 2. The van der Waals surface area contributed by atoms with Crippen LogP contribution < -0.4 is 5.32 Å². The van der Waals surface area contributed by atoms with Crippen LogP contribution in [-0.2, 0) is 9.47 Å². The zero-order valence-electron chi connectivity index (χ0n) is 16.3. The molecule has 3 rings (SSSR count). The average Bonchev–Trinajstić information content (AvgIpc) is 3.16. The predicted molar refractivity (Wildman–Crippen MR) is 117 cm³/mol. The molecule has 1 aliphatic rings. The lowest BCUT2D eigenvalue weighted by atomic mass is 10.2. The molecule has 0 radical (unpaired) electrons. The Balaban J connectivity index is 1.47. The van der Waals surface area contributed by atoms with Crippen molar-refractivity contribution in [3.8, 4) is 0 Å². The minimum atomic E-state index is -0.0651. The quantitative estimate of drug-likeness (QED) is 0.358. The van der Waals surface area contributed by atoms with Gasteiger partial charge in [-0.25, -0.2) is 4.98 Å². The zero-order valence-corrected chi connectivity index (χ0v) is 17.2. The number of thiazole rings is 1. The monoisotopic (exact) mass is 400 g/mol. The van der Waals surface area contributed by atoms with Gasteiger partial charge in [-0.2, -0.15) is 5.10 Å². The molecule has 1 unspecified atom stereocenters. The summed E-state index contributed by atoms with van der Waals surface area (Å²) in [7, 11) is 0. The second-order valence-corrected chi connectivity index (χ2v) is 7.53. The Morgan fingerprint density at radius 1 is 1.50 bits per heavy atom. The average molecular weight is 401 g/mol. The topological polar surface area (TPSA) is 59.0 Å². The molecular weight excluding hydrogens is 372 g/mol. The van der Waals surface area contributed by atoms with Gasteiger partial charge in [0.15, 0.2) is 6.29 Å². The molecule has 0 bridgehead atoms. The number of nitrogens with one attached hydrogen (secondary N) is 1. The fourth-order valence-electron chi connectivity index (χ4n) is 2.92. The number of rotatable bonds is 10. The molecule has 1 atom stereocenters. The van der Waals surface area contributed by atoms with Crippen LogP contribution in [0.25, 0.3) is 10.2 Å². The third-order valence-corrected chi connectivity index (χ3v) is 5.17. The summed E-state index contributed by atoms with van der Waals surface area (Å²) in [5.74, 6) is 0. The van der Waals surface area contributed by atoms with E-state index in [0.717, 1.165) is 36.3 Å². The molecule has 150 valence electrons. The molecule has 7 heteroatoms. The van der Waals surface area contributed by atoms with Crippen molar-refractivity contribution in [2.45, 2.75) is 32.5 Å². The van der Waals surface area contributed by atoms with Crippen LogP contribution in [0.15, 0.2) is 53.2 Å². The summed E-state index contributed by atoms with van der Waals surface area (Å²) in [5.41, 5.74) is 4.89. The van der Waals surface area contributed by atoms with Crippen LogP contribution in [0.4, 0.5) is 5.69 Å². The van der Waals surface area contributed by atoms with Crippen LogP contribution in [0.2, 0.25) is 0 Å². The van der Waals surface area contributed by atoms with Crippen LogP contribution in [0, 0.1) is 0 Å². The number of hydrogen-bond donors (Lipinski definition) is 1. The highest BCUT2D eigenvalue weighted by Crippen LogP contribution is 2.22. The van der Waals surface area contributed by atoms with Gasteiger partial charge in [0.05, 0.1) is 35.4 Å². The van der Waals surface area contributed by atoms with E-state index < -0.39 is 0 Å². The molecule has 1 aromatic carbocycles. The highest BCUT2D eigenvalue weighted by atomic mass is 32.1. The van der Waals surface area contributed by atoms with Crippen LogP contribution in [0.3, 0.4) is 0 Å². The highest BCUT2D eigenvalue weighted by Gasteiger charge is 2.13. The molecule has 1 N–H and O–H groups in total. The lowest BCUT2D eigenvalue weighted by Gasteiger charge is -2.24. The van der Waals surface area contributed by atoms with Crippen LogP contribution in [0.1, 0.15) is 26.2 Å². The third-order valence-electron chi connectivity index (χ3n) is 4.36. The highest BCUT2D eigenvalue weighted by molar-refractivity contribution is 7.16. The van der Waals surface area contributed by atoms with Crippen molar-refractivity contribution >= 4 is 33.5 Å². The molecule has 28 heavy (non-hydrogen) atoms. The summed E-state index contributed by atoms with van der Waals surface area (Å²) < 4.78 is 12.6. The number of allylic oxidation sites excluding steroid dienone is 2. The number of fused-ring (bicyclic) bond motifs is 1. The summed E-state index contributed by atoms with van der Waals surface area (Å²) in [4.78, 5) is 4.35. The van der Waals surface area contributed by atoms with E-state index in [1.165, 1.54) is 11.1 Å². The van der Waals surface area contributed by atoms with E-state index in [9.17, 15) is 0 Å².